The first-order valence-corrected chi connectivity index (χ1v) is 9.93. The highest BCUT2D eigenvalue weighted by Gasteiger charge is 2.37. The van der Waals surface area contributed by atoms with Gasteiger partial charge in [0, 0.05) is 30.7 Å². The molecule has 0 bridgehead atoms. The number of ether oxygens (including phenoxy) is 2. The van der Waals surface area contributed by atoms with Gasteiger partial charge in [0.15, 0.2) is 17.4 Å². The lowest BCUT2D eigenvalue weighted by Crippen LogP contribution is -2.54. The van der Waals surface area contributed by atoms with Crippen LogP contribution in [0.1, 0.15) is 16.4 Å². The van der Waals surface area contributed by atoms with Crippen molar-refractivity contribution in [3.8, 4) is 11.6 Å². The van der Waals surface area contributed by atoms with Crippen LogP contribution < -0.4 is 14.8 Å². The fraction of sp³-hybridized carbons (Fsp3) is 0.278. The smallest absolute Gasteiger partial charge is 0.482 e. The summed E-state index contributed by atoms with van der Waals surface area (Å²) in [6, 6.07) is 2.23. The third-order valence-electron chi connectivity index (χ3n) is 4.26. The van der Waals surface area contributed by atoms with Crippen molar-refractivity contribution in [3.63, 3.8) is 0 Å². The van der Waals surface area contributed by atoms with E-state index in [-0.39, 0.29) is 48.9 Å². The van der Waals surface area contributed by atoms with E-state index in [1.165, 1.54) is 28.6 Å². The second-order valence-electron chi connectivity index (χ2n) is 6.53. The molecule has 32 heavy (non-hydrogen) atoms. The maximum absolute atomic E-state index is 12.5. The Hall–Kier alpha value is -3.68. The molecule has 1 aliphatic rings. The molecule has 0 saturated carbocycles. The minimum Gasteiger partial charge on any atom is -0.482 e. The molecular formula is C18H14F3N5O5S. The Morgan fingerprint density at radius 3 is 2.75 bits per heavy atom. The Bertz CT molecular complexity index is 1080. The highest BCUT2D eigenvalue weighted by Crippen LogP contribution is 2.23. The molecular weight excluding hydrogens is 455 g/mol. The second-order valence-corrected chi connectivity index (χ2v) is 7.42. The predicted molar refractivity (Wildman–Crippen MR) is 102 cm³/mol. The second kappa shape index (κ2) is 8.82. The molecule has 1 fully saturated rings. The van der Waals surface area contributed by atoms with Gasteiger partial charge in [-0.25, -0.2) is 15.0 Å². The molecule has 2 amide bonds. The van der Waals surface area contributed by atoms with Crippen LogP contribution in [0.2, 0.25) is 0 Å². The van der Waals surface area contributed by atoms with E-state index in [4.69, 9.17) is 9.15 Å². The van der Waals surface area contributed by atoms with Crippen molar-refractivity contribution in [2.75, 3.05) is 18.4 Å². The quantitative estimate of drug-likeness (QED) is 0.561. The third kappa shape index (κ3) is 5.32. The monoisotopic (exact) mass is 469 g/mol. The van der Waals surface area contributed by atoms with Crippen LogP contribution in [0.3, 0.4) is 0 Å². The summed E-state index contributed by atoms with van der Waals surface area (Å²) in [5.74, 6) is -1.33. The molecule has 14 heteroatoms. The van der Waals surface area contributed by atoms with E-state index < -0.39 is 18.1 Å². The Morgan fingerprint density at radius 1 is 1.28 bits per heavy atom. The van der Waals surface area contributed by atoms with E-state index in [0.717, 1.165) is 12.3 Å². The number of anilines is 1. The van der Waals surface area contributed by atoms with Gasteiger partial charge >= 0.3 is 6.36 Å². The lowest BCUT2D eigenvalue weighted by molar-refractivity contribution is -0.276. The number of halogens is 3. The SMILES string of the molecule is O=C(Nc1nccs1)C1CN(C(=O)c2coc(COc3ccc(OC(F)(F)F)nc3)n2)C1. The van der Waals surface area contributed by atoms with Gasteiger partial charge in [-0.3, -0.25) is 9.59 Å². The first-order valence-electron chi connectivity index (χ1n) is 9.05. The molecule has 4 rings (SSSR count). The lowest BCUT2D eigenvalue weighted by Gasteiger charge is -2.37. The van der Waals surface area contributed by atoms with Crippen LogP contribution in [-0.4, -0.2) is 51.1 Å². The number of carbonyl (C=O) groups is 2. The molecule has 0 aromatic carbocycles. The first kappa shape index (κ1) is 21.5. The normalized spacial score (nSPS) is 14.0. The number of pyridine rings is 1. The molecule has 3 aromatic heterocycles. The Morgan fingerprint density at radius 2 is 2.09 bits per heavy atom. The van der Waals surface area contributed by atoms with Gasteiger partial charge in [-0.15, -0.1) is 24.5 Å². The Balaban J connectivity index is 1.24. The Labute approximate surface area is 182 Å². The van der Waals surface area contributed by atoms with E-state index in [1.807, 2.05) is 0 Å². The zero-order chi connectivity index (χ0) is 22.7. The zero-order valence-electron chi connectivity index (χ0n) is 16.0. The van der Waals surface area contributed by atoms with E-state index in [0.29, 0.717) is 5.13 Å². The van der Waals surface area contributed by atoms with Crippen LogP contribution >= 0.6 is 11.3 Å². The first-order chi connectivity index (χ1) is 15.3. The topological polar surface area (TPSA) is 120 Å². The van der Waals surface area contributed by atoms with Gasteiger partial charge in [0.2, 0.25) is 17.7 Å². The van der Waals surface area contributed by atoms with Crippen molar-refractivity contribution >= 4 is 28.3 Å². The summed E-state index contributed by atoms with van der Waals surface area (Å²) in [7, 11) is 0. The summed E-state index contributed by atoms with van der Waals surface area (Å²) < 4.78 is 50.6. The molecule has 168 valence electrons. The average molecular weight is 469 g/mol. The molecule has 0 radical (unpaired) electrons. The minimum absolute atomic E-state index is 0.0504. The van der Waals surface area contributed by atoms with E-state index >= 15 is 0 Å². The zero-order valence-corrected chi connectivity index (χ0v) is 16.9. The van der Waals surface area contributed by atoms with Crippen LogP contribution in [0.15, 0.2) is 40.6 Å². The molecule has 3 aromatic rings. The number of hydrogen-bond donors (Lipinski definition) is 1. The number of rotatable bonds is 7. The standard InChI is InChI=1S/C18H14F3N5O5S/c19-18(20,21)31-13-2-1-11(5-23-13)29-9-14-24-12(8-30-14)16(28)26-6-10(7-26)15(27)25-17-22-3-4-32-17/h1-5,8,10H,6-7,9H2,(H,22,25,27). The van der Waals surface area contributed by atoms with Crippen LogP contribution in [0.4, 0.5) is 18.3 Å². The van der Waals surface area contributed by atoms with Crippen LogP contribution in [0.5, 0.6) is 11.6 Å². The van der Waals surface area contributed by atoms with E-state index in [9.17, 15) is 22.8 Å². The number of carbonyl (C=O) groups excluding carboxylic acids is 2. The highest BCUT2D eigenvalue weighted by molar-refractivity contribution is 7.13. The minimum atomic E-state index is -4.84. The number of hydrogen-bond acceptors (Lipinski definition) is 9. The number of aromatic nitrogens is 3. The van der Waals surface area contributed by atoms with Crippen molar-refractivity contribution < 1.29 is 36.7 Å². The molecule has 0 aliphatic carbocycles. The predicted octanol–water partition coefficient (Wildman–Crippen LogP) is 2.71. The lowest BCUT2D eigenvalue weighted by atomic mass is 9.99. The van der Waals surface area contributed by atoms with Crippen LogP contribution in [-0.2, 0) is 11.4 Å². The maximum Gasteiger partial charge on any atom is 0.574 e. The summed E-state index contributed by atoms with van der Waals surface area (Å²) >= 11 is 1.30. The van der Waals surface area contributed by atoms with E-state index in [2.05, 4.69) is 25.0 Å². The van der Waals surface area contributed by atoms with Gasteiger partial charge in [0.05, 0.1) is 12.1 Å². The number of alkyl halides is 3. The molecule has 0 unspecified atom stereocenters. The number of amides is 2. The molecule has 1 aliphatic heterocycles. The fourth-order valence-corrected chi connectivity index (χ4v) is 3.25. The number of likely N-dealkylation sites (tertiary alicyclic amines) is 1. The van der Waals surface area contributed by atoms with Crippen molar-refractivity contribution in [2.24, 2.45) is 5.92 Å². The molecule has 4 heterocycles. The molecule has 0 spiro atoms. The summed E-state index contributed by atoms with van der Waals surface area (Å²) in [5, 5.41) is 4.93. The third-order valence-corrected chi connectivity index (χ3v) is 4.95. The van der Waals surface area contributed by atoms with Crippen molar-refractivity contribution in [2.45, 2.75) is 13.0 Å². The van der Waals surface area contributed by atoms with Gasteiger partial charge in [-0.05, 0) is 6.07 Å². The summed E-state index contributed by atoms with van der Waals surface area (Å²) in [6.45, 7) is 0.312. The molecule has 10 nitrogen and oxygen atoms in total. The summed E-state index contributed by atoms with van der Waals surface area (Å²) in [5.41, 5.74) is 0.0504. The van der Waals surface area contributed by atoms with E-state index in [1.54, 1.807) is 11.6 Å². The van der Waals surface area contributed by atoms with Crippen molar-refractivity contribution in [1.82, 2.24) is 19.9 Å². The van der Waals surface area contributed by atoms with Gasteiger partial charge < -0.3 is 24.1 Å². The maximum atomic E-state index is 12.5. The summed E-state index contributed by atoms with van der Waals surface area (Å²) in [4.78, 5) is 37.5. The van der Waals surface area contributed by atoms with Crippen molar-refractivity contribution in [3.05, 3.63) is 47.8 Å². The van der Waals surface area contributed by atoms with Crippen molar-refractivity contribution in [1.29, 1.82) is 0 Å². The summed E-state index contributed by atoms with van der Waals surface area (Å²) in [6.07, 6.45) is -1.04. The number of thiazole rings is 1. The molecule has 0 atom stereocenters. The molecule has 1 N–H and O–H groups in total. The van der Waals surface area contributed by atoms with Crippen LogP contribution in [0.25, 0.3) is 0 Å². The van der Waals surface area contributed by atoms with Crippen LogP contribution in [0, 0.1) is 5.92 Å². The number of nitrogens with zero attached hydrogens (tertiary/aromatic N) is 4. The highest BCUT2D eigenvalue weighted by atomic mass is 32.1. The Kier molecular flexibility index (Phi) is 5.94. The van der Waals surface area contributed by atoms with Gasteiger partial charge in [0.1, 0.15) is 12.0 Å². The average Bonchev–Trinajstić information content (AvgIpc) is 3.37. The largest absolute Gasteiger partial charge is 0.574 e. The van der Waals surface area contributed by atoms with Gasteiger partial charge in [-0.1, -0.05) is 0 Å². The number of nitrogens with one attached hydrogen (secondary N) is 1. The fourth-order valence-electron chi connectivity index (χ4n) is 2.72. The van der Waals surface area contributed by atoms with Gasteiger partial charge in [0.25, 0.3) is 5.91 Å². The molecule has 1 saturated heterocycles. The van der Waals surface area contributed by atoms with Gasteiger partial charge in [-0.2, -0.15) is 0 Å². The number of oxazole rings is 1.